The van der Waals surface area contributed by atoms with Crippen LogP contribution in [0.3, 0.4) is 0 Å². The van der Waals surface area contributed by atoms with E-state index in [1.54, 1.807) is 41.6 Å². The molecule has 0 saturated heterocycles. The number of aromatic nitrogens is 1. The Morgan fingerprint density at radius 3 is 2.61 bits per heavy atom. The average molecular weight is 241 g/mol. The summed E-state index contributed by atoms with van der Waals surface area (Å²) in [5.74, 6) is -0.0593. The molecule has 0 spiro atoms. The molecule has 1 aromatic carbocycles. The van der Waals surface area contributed by atoms with E-state index in [4.69, 9.17) is 5.73 Å². The summed E-state index contributed by atoms with van der Waals surface area (Å²) in [4.78, 5) is 18.0. The van der Waals surface area contributed by atoms with Gasteiger partial charge in [-0.2, -0.15) is 0 Å². The van der Waals surface area contributed by atoms with Crippen molar-refractivity contribution in [3.8, 4) is 0 Å². The van der Waals surface area contributed by atoms with Crippen molar-refractivity contribution in [3.05, 3.63) is 54.4 Å². The van der Waals surface area contributed by atoms with Gasteiger partial charge in [-0.05, 0) is 37.3 Å². The number of pyridine rings is 1. The molecule has 92 valence electrons. The molecule has 0 fully saturated rings. The number of hydrogen-bond donors (Lipinski definition) is 1. The summed E-state index contributed by atoms with van der Waals surface area (Å²) < 4.78 is 0. The van der Waals surface area contributed by atoms with Crippen molar-refractivity contribution in [2.45, 2.75) is 6.92 Å². The number of nitrogens with zero attached hydrogens (tertiary/aromatic N) is 2. The lowest BCUT2D eigenvalue weighted by atomic mass is 10.1. The Balaban J connectivity index is 2.32. The van der Waals surface area contributed by atoms with E-state index in [0.717, 1.165) is 5.69 Å². The molecule has 0 bridgehead atoms. The third kappa shape index (κ3) is 2.48. The van der Waals surface area contributed by atoms with Crippen molar-refractivity contribution in [2.24, 2.45) is 0 Å². The van der Waals surface area contributed by atoms with E-state index < -0.39 is 0 Å². The summed E-state index contributed by atoms with van der Waals surface area (Å²) in [5, 5.41) is 0. The fourth-order valence-corrected chi connectivity index (χ4v) is 1.79. The Morgan fingerprint density at radius 2 is 2.00 bits per heavy atom. The van der Waals surface area contributed by atoms with Crippen LogP contribution in [-0.4, -0.2) is 17.4 Å². The molecule has 1 amide bonds. The lowest BCUT2D eigenvalue weighted by molar-refractivity contribution is 0.0988. The minimum atomic E-state index is -0.0593. The van der Waals surface area contributed by atoms with Crippen molar-refractivity contribution < 1.29 is 4.79 Å². The molecule has 1 heterocycles. The molecule has 0 atom stereocenters. The Hall–Kier alpha value is -2.36. The van der Waals surface area contributed by atoms with Crippen LogP contribution in [0, 0.1) is 0 Å². The Kier molecular flexibility index (Phi) is 3.57. The largest absolute Gasteiger partial charge is 0.399 e. The van der Waals surface area contributed by atoms with Crippen molar-refractivity contribution in [1.82, 2.24) is 4.98 Å². The molecule has 2 aromatic rings. The first-order chi connectivity index (χ1) is 8.72. The highest BCUT2D eigenvalue weighted by atomic mass is 16.2. The third-order valence-corrected chi connectivity index (χ3v) is 2.67. The number of anilines is 2. The van der Waals surface area contributed by atoms with E-state index in [1.165, 1.54) is 0 Å². The summed E-state index contributed by atoms with van der Waals surface area (Å²) >= 11 is 0. The quantitative estimate of drug-likeness (QED) is 0.839. The summed E-state index contributed by atoms with van der Waals surface area (Å²) in [6.45, 7) is 2.53. The highest BCUT2D eigenvalue weighted by Crippen LogP contribution is 2.17. The number of nitrogens with two attached hydrogens (primary N) is 1. The van der Waals surface area contributed by atoms with Crippen LogP contribution in [0.15, 0.2) is 48.8 Å². The number of nitrogen functional groups attached to an aromatic ring is 1. The van der Waals surface area contributed by atoms with Crippen LogP contribution >= 0.6 is 0 Å². The summed E-state index contributed by atoms with van der Waals surface area (Å²) in [7, 11) is 0. The van der Waals surface area contributed by atoms with E-state index in [-0.39, 0.29) is 5.91 Å². The molecule has 0 aliphatic rings. The highest BCUT2D eigenvalue weighted by Gasteiger charge is 2.15. The van der Waals surface area contributed by atoms with Gasteiger partial charge < -0.3 is 10.6 Å². The zero-order valence-corrected chi connectivity index (χ0v) is 10.2. The van der Waals surface area contributed by atoms with Crippen LogP contribution in [0.1, 0.15) is 17.3 Å². The molecular weight excluding hydrogens is 226 g/mol. The van der Waals surface area contributed by atoms with E-state index in [1.807, 2.05) is 19.1 Å². The van der Waals surface area contributed by atoms with Crippen molar-refractivity contribution >= 4 is 17.3 Å². The second-order valence-corrected chi connectivity index (χ2v) is 3.88. The highest BCUT2D eigenvalue weighted by molar-refractivity contribution is 6.06. The first kappa shape index (κ1) is 12.1. The maximum Gasteiger partial charge on any atom is 0.258 e. The van der Waals surface area contributed by atoms with E-state index in [9.17, 15) is 4.79 Å². The molecule has 0 radical (unpaired) electrons. The first-order valence-corrected chi connectivity index (χ1v) is 5.80. The minimum absolute atomic E-state index is 0.0593. The molecule has 0 saturated carbocycles. The Morgan fingerprint density at radius 1 is 1.28 bits per heavy atom. The fraction of sp³-hybridized carbons (Fsp3) is 0.143. The predicted molar refractivity (Wildman–Crippen MR) is 72.4 cm³/mol. The van der Waals surface area contributed by atoms with Crippen LogP contribution in [0.4, 0.5) is 11.4 Å². The SMILES string of the molecule is CCN(C(=O)c1cccc(N)c1)c1ccncc1. The molecule has 4 nitrogen and oxygen atoms in total. The lowest BCUT2D eigenvalue weighted by Crippen LogP contribution is -2.30. The molecule has 0 aliphatic heterocycles. The number of amides is 1. The van der Waals surface area contributed by atoms with Crippen molar-refractivity contribution in [3.63, 3.8) is 0 Å². The van der Waals surface area contributed by atoms with E-state index in [2.05, 4.69) is 4.98 Å². The normalized spacial score (nSPS) is 10.1. The molecule has 2 rings (SSSR count). The van der Waals surface area contributed by atoms with Crippen molar-refractivity contribution in [2.75, 3.05) is 17.2 Å². The molecular formula is C14H15N3O. The minimum Gasteiger partial charge on any atom is -0.399 e. The number of hydrogen-bond acceptors (Lipinski definition) is 3. The Labute approximate surface area is 106 Å². The number of carbonyl (C=O) groups is 1. The van der Waals surface area contributed by atoms with Gasteiger partial charge in [0.05, 0.1) is 0 Å². The second kappa shape index (κ2) is 5.31. The average Bonchev–Trinajstić information content (AvgIpc) is 2.41. The number of rotatable bonds is 3. The van der Waals surface area contributed by atoms with Crippen LogP contribution < -0.4 is 10.6 Å². The fourth-order valence-electron chi connectivity index (χ4n) is 1.79. The monoisotopic (exact) mass is 241 g/mol. The maximum absolute atomic E-state index is 12.4. The van der Waals surface area contributed by atoms with E-state index >= 15 is 0 Å². The van der Waals surface area contributed by atoms with Crippen LogP contribution in [-0.2, 0) is 0 Å². The molecule has 0 aliphatic carbocycles. The number of carbonyl (C=O) groups excluding carboxylic acids is 1. The third-order valence-electron chi connectivity index (χ3n) is 2.67. The second-order valence-electron chi connectivity index (χ2n) is 3.88. The zero-order valence-electron chi connectivity index (χ0n) is 10.2. The summed E-state index contributed by atoms with van der Waals surface area (Å²) in [6, 6.07) is 10.6. The van der Waals surface area contributed by atoms with Gasteiger partial charge in [0.15, 0.2) is 0 Å². The van der Waals surface area contributed by atoms with Gasteiger partial charge in [-0.15, -0.1) is 0 Å². The van der Waals surface area contributed by atoms with Gasteiger partial charge in [0.2, 0.25) is 0 Å². The molecule has 4 heteroatoms. The van der Waals surface area contributed by atoms with Gasteiger partial charge in [0.25, 0.3) is 5.91 Å². The Bertz CT molecular complexity index is 540. The van der Waals surface area contributed by atoms with Crippen molar-refractivity contribution in [1.29, 1.82) is 0 Å². The van der Waals surface area contributed by atoms with Gasteiger partial charge in [-0.3, -0.25) is 9.78 Å². The van der Waals surface area contributed by atoms with Crippen LogP contribution in [0.5, 0.6) is 0 Å². The van der Waals surface area contributed by atoms with Crippen LogP contribution in [0.25, 0.3) is 0 Å². The maximum atomic E-state index is 12.4. The summed E-state index contributed by atoms with van der Waals surface area (Å²) in [5.41, 5.74) is 7.71. The topological polar surface area (TPSA) is 59.2 Å². The lowest BCUT2D eigenvalue weighted by Gasteiger charge is -2.20. The van der Waals surface area contributed by atoms with E-state index in [0.29, 0.717) is 17.8 Å². The molecule has 2 N–H and O–H groups in total. The molecule has 1 aromatic heterocycles. The predicted octanol–water partition coefficient (Wildman–Crippen LogP) is 2.33. The molecule has 18 heavy (non-hydrogen) atoms. The molecule has 0 unspecified atom stereocenters. The van der Waals surface area contributed by atoms with Gasteiger partial charge in [0, 0.05) is 35.9 Å². The van der Waals surface area contributed by atoms with Crippen LogP contribution in [0.2, 0.25) is 0 Å². The standard InChI is InChI=1S/C14H15N3O/c1-2-17(13-6-8-16-9-7-13)14(18)11-4-3-5-12(15)10-11/h3-10H,2,15H2,1H3. The smallest absolute Gasteiger partial charge is 0.258 e. The van der Waals surface area contributed by atoms with Gasteiger partial charge in [-0.25, -0.2) is 0 Å². The van der Waals surface area contributed by atoms with Gasteiger partial charge >= 0.3 is 0 Å². The van der Waals surface area contributed by atoms with Gasteiger partial charge in [-0.1, -0.05) is 6.07 Å². The number of benzene rings is 1. The summed E-state index contributed by atoms with van der Waals surface area (Å²) in [6.07, 6.45) is 3.34. The zero-order chi connectivity index (χ0) is 13.0. The van der Waals surface area contributed by atoms with Gasteiger partial charge in [0.1, 0.15) is 0 Å². The first-order valence-electron chi connectivity index (χ1n) is 5.80.